The number of Topliss-reactive ketones (excluding diaryl/α,β-unsaturated/α-hetero) is 1. The topological polar surface area (TPSA) is 33.2 Å². The van der Waals surface area contributed by atoms with Crippen LogP contribution in [-0.4, -0.2) is 36.4 Å². The van der Waals surface area contributed by atoms with Crippen LogP contribution in [-0.2, 0) is 0 Å². The van der Waals surface area contributed by atoms with Crippen LogP contribution in [0.5, 0.6) is 0 Å². The zero-order valence-electron chi connectivity index (χ0n) is 9.36. The number of hydrogen-bond donors (Lipinski definition) is 0. The molecule has 0 atom stereocenters. The van der Waals surface area contributed by atoms with Crippen molar-refractivity contribution in [3.05, 3.63) is 23.9 Å². The van der Waals surface area contributed by atoms with E-state index in [4.69, 9.17) is 0 Å². The van der Waals surface area contributed by atoms with Crippen molar-refractivity contribution >= 4 is 23.4 Å². The minimum atomic E-state index is 0.0563. The molecule has 4 heteroatoms. The van der Waals surface area contributed by atoms with E-state index in [1.165, 1.54) is 0 Å². The molecule has 15 heavy (non-hydrogen) atoms. The first-order valence-corrected chi connectivity index (χ1v) is 6.21. The van der Waals surface area contributed by atoms with Gasteiger partial charge in [0.1, 0.15) is 5.82 Å². The molecule has 0 saturated heterocycles. The fourth-order valence-corrected chi connectivity index (χ4v) is 1.62. The highest BCUT2D eigenvalue weighted by atomic mass is 32.2. The summed E-state index contributed by atoms with van der Waals surface area (Å²) in [6, 6.07) is 3.71. The smallest absolute Gasteiger partial charge is 0.161 e. The molecule has 0 aromatic carbocycles. The van der Waals surface area contributed by atoms with Crippen LogP contribution in [0.1, 0.15) is 17.3 Å². The Kier molecular flexibility index (Phi) is 4.62. The summed E-state index contributed by atoms with van der Waals surface area (Å²) >= 11 is 1.81. The number of pyridine rings is 1. The third-order valence-corrected chi connectivity index (χ3v) is 2.77. The first kappa shape index (κ1) is 12.0. The van der Waals surface area contributed by atoms with E-state index in [2.05, 4.69) is 16.1 Å². The SMILES string of the molecule is CSCCN(C)c1ccc(C(C)=O)cn1. The van der Waals surface area contributed by atoms with Gasteiger partial charge < -0.3 is 4.90 Å². The lowest BCUT2D eigenvalue weighted by Crippen LogP contribution is -2.21. The number of anilines is 1. The molecule has 0 fully saturated rings. The summed E-state index contributed by atoms with van der Waals surface area (Å²) in [4.78, 5) is 17.4. The Balaban J connectivity index is 2.66. The predicted molar refractivity (Wildman–Crippen MR) is 65.9 cm³/mol. The van der Waals surface area contributed by atoms with Crippen molar-refractivity contribution < 1.29 is 4.79 Å². The van der Waals surface area contributed by atoms with Crippen LogP contribution >= 0.6 is 11.8 Å². The van der Waals surface area contributed by atoms with Gasteiger partial charge in [0.25, 0.3) is 0 Å². The number of hydrogen-bond acceptors (Lipinski definition) is 4. The zero-order chi connectivity index (χ0) is 11.3. The maximum atomic E-state index is 11.0. The molecule has 0 aliphatic carbocycles. The normalized spacial score (nSPS) is 10.1. The van der Waals surface area contributed by atoms with Crippen LogP contribution in [0, 0.1) is 0 Å². The lowest BCUT2D eigenvalue weighted by molar-refractivity contribution is 0.101. The van der Waals surface area contributed by atoms with E-state index in [-0.39, 0.29) is 5.78 Å². The fourth-order valence-electron chi connectivity index (χ4n) is 1.16. The number of carbonyl (C=O) groups is 1. The minimum Gasteiger partial charge on any atom is -0.359 e. The summed E-state index contributed by atoms with van der Waals surface area (Å²) in [6.45, 7) is 2.52. The quantitative estimate of drug-likeness (QED) is 0.717. The average Bonchev–Trinajstić information content (AvgIpc) is 2.26. The molecule has 0 spiro atoms. The van der Waals surface area contributed by atoms with Gasteiger partial charge in [0.15, 0.2) is 5.78 Å². The van der Waals surface area contributed by atoms with Gasteiger partial charge in [0, 0.05) is 31.1 Å². The summed E-state index contributed by atoms with van der Waals surface area (Å²) in [5, 5.41) is 0. The van der Waals surface area contributed by atoms with Gasteiger partial charge in [0.2, 0.25) is 0 Å². The third-order valence-electron chi connectivity index (χ3n) is 2.18. The number of carbonyl (C=O) groups excluding carboxylic acids is 1. The Hall–Kier alpha value is -1.03. The molecule has 0 aliphatic rings. The Bertz CT molecular complexity index is 324. The molecule has 1 aromatic heterocycles. The van der Waals surface area contributed by atoms with E-state index in [9.17, 15) is 4.79 Å². The monoisotopic (exact) mass is 224 g/mol. The number of nitrogens with zero attached hydrogens (tertiary/aromatic N) is 2. The summed E-state index contributed by atoms with van der Waals surface area (Å²) in [5.41, 5.74) is 0.664. The molecule has 3 nitrogen and oxygen atoms in total. The Morgan fingerprint density at radius 1 is 1.53 bits per heavy atom. The Labute approximate surface area is 94.9 Å². The van der Waals surface area contributed by atoms with E-state index in [0.29, 0.717) is 5.56 Å². The first-order valence-electron chi connectivity index (χ1n) is 4.82. The van der Waals surface area contributed by atoms with Crippen LogP contribution in [0.15, 0.2) is 18.3 Å². The average molecular weight is 224 g/mol. The minimum absolute atomic E-state index is 0.0563. The van der Waals surface area contributed by atoms with Crippen LogP contribution in [0.25, 0.3) is 0 Å². The van der Waals surface area contributed by atoms with Crippen molar-refractivity contribution in [2.24, 2.45) is 0 Å². The van der Waals surface area contributed by atoms with Crippen molar-refractivity contribution in [3.63, 3.8) is 0 Å². The maximum absolute atomic E-state index is 11.0. The van der Waals surface area contributed by atoms with Crippen molar-refractivity contribution in [1.29, 1.82) is 0 Å². The third kappa shape index (κ3) is 3.55. The standard InChI is InChI=1S/C11H16N2OS/c1-9(14)10-4-5-11(12-8-10)13(2)6-7-15-3/h4-5,8H,6-7H2,1-3H3. The second-order valence-electron chi connectivity index (χ2n) is 3.38. The highest BCUT2D eigenvalue weighted by molar-refractivity contribution is 7.98. The van der Waals surface area contributed by atoms with E-state index in [1.807, 2.05) is 30.9 Å². The summed E-state index contributed by atoms with van der Waals surface area (Å²) < 4.78 is 0. The lowest BCUT2D eigenvalue weighted by Gasteiger charge is -2.17. The number of rotatable bonds is 5. The second-order valence-corrected chi connectivity index (χ2v) is 4.36. The molecule has 0 saturated carbocycles. The van der Waals surface area contributed by atoms with Gasteiger partial charge in [-0.15, -0.1) is 0 Å². The molecule has 0 N–H and O–H groups in total. The van der Waals surface area contributed by atoms with Gasteiger partial charge in [-0.25, -0.2) is 4.98 Å². The van der Waals surface area contributed by atoms with Crippen molar-refractivity contribution in [3.8, 4) is 0 Å². The lowest BCUT2D eigenvalue weighted by atomic mass is 10.2. The van der Waals surface area contributed by atoms with Gasteiger partial charge >= 0.3 is 0 Å². The van der Waals surface area contributed by atoms with Crippen molar-refractivity contribution in [2.45, 2.75) is 6.92 Å². The molecule has 1 rings (SSSR count). The van der Waals surface area contributed by atoms with Gasteiger partial charge in [-0.1, -0.05) is 0 Å². The molecule has 82 valence electrons. The van der Waals surface area contributed by atoms with E-state index in [1.54, 1.807) is 13.1 Å². The number of thioether (sulfide) groups is 1. The first-order chi connectivity index (χ1) is 7.15. The van der Waals surface area contributed by atoms with Crippen LogP contribution in [0.4, 0.5) is 5.82 Å². The molecule has 0 amide bonds. The molecular formula is C11H16N2OS. The largest absolute Gasteiger partial charge is 0.359 e. The van der Waals surface area contributed by atoms with Gasteiger partial charge in [-0.3, -0.25) is 4.79 Å². The van der Waals surface area contributed by atoms with Gasteiger partial charge in [-0.2, -0.15) is 11.8 Å². The maximum Gasteiger partial charge on any atom is 0.161 e. The highest BCUT2D eigenvalue weighted by Gasteiger charge is 2.03. The predicted octanol–water partition coefficient (Wildman–Crippen LogP) is 2.08. The van der Waals surface area contributed by atoms with Crippen molar-refractivity contribution in [2.75, 3.05) is 30.5 Å². The van der Waals surface area contributed by atoms with E-state index >= 15 is 0 Å². The van der Waals surface area contributed by atoms with Gasteiger partial charge in [0.05, 0.1) is 0 Å². The Morgan fingerprint density at radius 2 is 2.27 bits per heavy atom. The van der Waals surface area contributed by atoms with Crippen LogP contribution in [0.2, 0.25) is 0 Å². The van der Waals surface area contributed by atoms with Crippen LogP contribution < -0.4 is 4.90 Å². The fraction of sp³-hybridized carbons (Fsp3) is 0.455. The molecular weight excluding hydrogens is 208 g/mol. The molecule has 0 radical (unpaired) electrons. The van der Waals surface area contributed by atoms with Crippen LogP contribution in [0.3, 0.4) is 0 Å². The van der Waals surface area contributed by atoms with Gasteiger partial charge in [-0.05, 0) is 25.3 Å². The van der Waals surface area contributed by atoms with E-state index < -0.39 is 0 Å². The van der Waals surface area contributed by atoms with E-state index in [0.717, 1.165) is 18.1 Å². The summed E-state index contributed by atoms with van der Waals surface area (Å²) in [6.07, 6.45) is 3.72. The summed E-state index contributed by atoms with van der Waals surface area (Å²) in [7, 11) is 2.01. The number of aromatic nitrogens is 1. The zero-order valence-corrected chi connectivity index (χ0v) is 10.2. The molecule has 0 aliphatic heterocycles. The molecule has 1 heterocycles. The molecule has 0 unspecified atom stereocenters. The highest BCUT2D eigenvalue weighted by Crippen LogP contribution is 2.10. The second kappa shape index (κ2) is 5.75. The molecule has 1 aromatic rings. The molecule has 0 bridgehead atoms. The Morgan fingerprint density at radius 3 is 2.73 bits per heavy atom. The summed E-state index contributed by atoms with van der Waals surface area (Å²) in [5.74, 6) is 2.04. The van der Waals surface area contributed by atoms with Crippen molar-refractivity contribution in [1.82, 2.24) is 4.98 Å². The number of ketones is 1.